The summed E-state index contributed by atoms with van der Waals surface area (Å²) >= 11 is 0. The average Bonchev–Trinajstić information content (AvgIpc) is 3.41. The first-order valence-corrected chi connectivity index (χ1v) is 10.2. The summed E-state index contributed by atoms with van der Waals surface area (Å²) in [4.78, 5) is 20.7. The van der Waals surface area contributed by atoms with Crippen molar-refractivity contribution in [3.8, 4) is 0 Å². The van der Waals surface area contributed by atoms with E-state index in [1.54, 1.807) is 0 Å². The highest BCUT2D eigenvalue weighted by molar-refractivity contribution is 5.95. The van der Waals surface area contributed by atoms with Crippen molar-refractivity contribution in [3.63, 3.8) is 0 Å². The second-order valence-corrected chi connectivity index (χ2v) is 7.68. The summed E-state index contributed by atoms with van der Waals surface area (Å²) in [6.45, 7) is 4.46. The number of hydrogen-bond acceptors (Lipinski definition) is 7. The van der Waals surface area contributed by atoms with E-state index in [2.05, 4.69) is 32.5 Å². The number of nitrogens with one attached hydrogen (secondary N) is 3. The van der Waals surface area contributed by atoms with Gasteiger partial charge in [-0.3, -0.25) is 9.48 Å². The van der Waals surface area contributed by atoms with Crippen molar-refractivity contribution < 1.29 is 13.6 Å². The molecule has 166 valence electrons. The molecular weight excluding hydrogens is 406 g/mol. The molecule has 0 aliphatic carbocycles. The number of nitrogens with zero attached hydrogens (tertiary/aromatic N) is 5. The van der Waals surface area contributed by atoms with Gasteiger partial charge in [-0.1, -0.05) is 6.58 Å². The third-order valence-corrected chi connectivity index (χ3v) is 5.58. The van der Waals surface area contributed by atoms with Gasteiger partial charge in [-0.25, -0.2) is 8.78 Å². The number of piperidine rings is 1. The lowest BCUT2D eigenvalue weighted by atomic mass is 10.0. The summed E-state index contributed by atoms with van der Waals surface area (Å²) in [5.74, 6) is 1.21. The van der Waals surface area contributed by atoms with Gasteiger partial charge >= 0.3 is 0 Å². The van der Waals surface area contributed by atoms with Crippen LogP contribution in [-0.4, -0.2) is 70.2 Å². The topological polar surface area (TPSA) is 89.8 Å². The molecule has 4 rings (SSSR count). The lowest BCUT2D eigenvalue weighted by Crippen LogP contribution is -2.51. The molecule has 31 heavy (non-hydrogen) atoms. The monoisotopic (exact) mass is 432 g/mol. The standard InChI is InChI=1S/C20H26F2N8O/c1-3-17(31)29-8-4-5-14(11-29)28(2)19-15-6-7-23-18(15)26-20(27-19)25-13-9-24-30(10-13)12-16(21)22/h3,6-7,9-10,14,16,18,23H,1,4-5,8,11-12H2,2H3,(H2,25,26,27). The van der Waals surface area contributed by atoms with Gasteiger partial charge in [0.25, 0.3) is 6.43 Å². The number of aliphatic imine (C=N–C) groups is 1. The van der Waals surface area contributed by atoms with E-state index in [0.717, 1.165) is 30.8 Å². The SMILES string of the molecule is C=CC(=O)N1CCCC(N(C)C2=C3C=CNC3NC(Nc3cnn(CC(F)F)c3)=N2)C1. The highest BCUT2D eigenvalue weighted by atomic mass is 19.3. The van der Waals surface area contributed by atoms with Crippen LogP contribution in [0.25, 0.3) is 0 Å². The Morgan fingerprint density at radius 3 is 3.13 bits per heavy atom. The maximum Gasteiger partial charge on any atom is 0.257 e. The number of aromatic nitrogens is 2. The highest BCUT2D eigenvalue weighted by Crippen LogP contribution is 2.26. The number of hydrogen-bond donors (Lipinski definition) is 3. The largest absolute Gasteiger partial charge is 0.367 e. The number of amides is 1. The Hall–Kier alpha value is -3.37. The molecule has 0 spiro atoms. The van der Waals surface area contributed by atoms with Gasteiger partial charge in [-0.05, 0) is 31.2 Å². The summed E-state index contributed by atoms with van der Waals surface area (Å²) in [5.41, 5.74) is 1.55. The molecule has 4 heterocycles. The van der Waals surface area contributed by atoms with Gasteiger partial charge in [0.15, 0.2) is 0 Å². The fraction of sp³-hybridized carbons (Fsp3) is 0.450. The second kappa shape index (κ2) is 8.78. The number of fused-ring (bicyclic) bond motifs is 1. The van der Waals surface area contributed by atoms with E-state index in [1.807, 2.05) is 24.2 Å². The van der Waals surface area contributed by atoms with Crippen LogP contribution in [0.4, 0.5) is 14.5 Å². The first kappa shape index (κ1) is 20.9. The number of carbonyl (C=O) groups excluding carboxylic acids is 1. The molecule has 0 radical (unpaired) electrons. The van der Waals surface area contributed by atoms with Crippen LogP contribution in [0.5, 0.6) is 0 Å². The molecule has 3 aliphatic heterocycles. The lowest BCUT2D eigenvalue weighted by Gasteiger charge is -2.40. The normalized spacial score (nSPS) is 22.6. The quantitative estimate of drug-likeness (QED) is 0.587. The Bertz CT molecular complexity index is 937. The molecule has 0 aromatic carbocycles. The minimum absolute atomic E-state index is 0.0620. The second-order valence-electron chi connectivity index (χ2n) is 7.68. The molecule has 0 bridgehead atoms. The molecule has 1 aromatic heterocycles. The first-order chi connectivity index (χ1) is 14.9. The Balaban J connectivity index is 1.53. The third kappa shape index (κ3) is 4.54. The molecule has 2 unspecified atom stereocenters. The van der Waals surface area contributed by atoms with E-state index < -0.39 is 13.0 Å². The predicted molar refractivity (Wildman–Crippen MR) is 113 cm³/mol. The zero-order valence-electron chi connectivity index (χ0n) is 17.3. The highest BCUT2D eigenvalue weighted by Gasteiger charge is 2.32. The molecule has 1 saturated heterocycles. The van der Waals surface area contributed by atoms with E-state index in [0.29, 0.717) is 18.2 Å². The number of likely N-dealkylation sites (tertiary alicyclic amines) is 1. The number of rotatable bonds is 6. The van der Waals surface area contributed by atoms with Crippen LogP contribution in [0.15, 0.2) is 53.7 Å². The lowest BCUT2D eigenvalue weighted by molar-refractivity contribution is -0.127. The average molecular weight is 432 g/mol. The van der Waals surface area contributed by atoms with Crippen LogP contribution in [0.3, 0.4) is 0 Å². The van der Waals surface area contributed by atoms with E-state index in [4.69, 9.17) is 4.99 Å². The zero-order chi connectivity index (χ0) is 22.0. The number of carbonyl (C=O) groups is 1. The number of likely N-dealkylation sites (N-methyl/N-ethyl adjacent to an activating group) is 1. The van der Waals surface area contributed by atoms with Crippen LogP contribution < -0.4 is 16.0 Å². The first-order valence-electron chi connectivity index (χ1n) is 10.2. The van der Waals surface area contributed by atoms with E-state index >= 15 is 0 Å². The molecule has 3 N–H and O–H groups in total. The van der Waals surface area contributed by atoms with Crippen LogP contribution in [0, 0.1) is 0 Å². The maximum atomic E-state index is 12.6. The van der Waals surface area contributed by atoms with Crippen molar-refractivity contribution in [3.05, 3.63) is 48.7 Å². The summed E-state index contributed by atoms with van der Waals surface area (Å²) < 4.78 is 26.3. The molecule has 11 heteroatoms. The zero-order valence-corrected chi connectivity index (χ0v) is 17.3. The van der Waals surface area contributed by atoms with Crippen molar-refractivity contribution in [2.45, 2.75) is 38.0 Å². The summed E-state index contributed by atoms with van der Waals surface area (Å²) in [5, 5.41) is 13.5. The summed E-state index contributed by atoms with van der Waals surface area (Å²) in [6.07, 6.45) is 7.39. The van der Waals surface area contributed by atoms with Crippen molar-refractivity contribution in [2.24, 2.45) is 4.99 Å². The molecule has 2 atom stereocenters. The smallest absolute Gasteiger partial charge is 0.257 e. The minimum Gasteiger partial charge on any atom is -0.367 e. The van der Waals surface area contributed by atoms with Gasteiger partial charge in [-0.15, -0.1) is 0 Å². The third-order valence-electron chi connectivity index (χ3n) is 5.58. The fourth-order valence-electron chi connectivity index (χ4n) is 4.01. The molecule has 0 saturated carbocycles. The molecule has 1 fully saturated rings. The number of guanidine groups is 1. The van der Waals surface area contributed by atoms with Crippen LogP contribution in [-0.2, 0) is 11.3 Å². The maximum absolute atomic E-state index is 12.6. The van der Waals surface area contributed by atoms with Gasteiger partial charge in [0, 0.05) is 37.9 Å². The van der Waals surface area contributed by atoms with Gasteiger partial charge in [0.1, 0.15) is 18.5 Å². The Morgan fingerprint density at radius 2 is 2.35 bits per heavy atom. The Morgan fingerprint density at radius 1 is 1.52 bits per heavy atom. The van der Waals surface area contributed by atoms with Gasteiger partial charge in [0.05, 0.1) is 11.9 Å². The van der Waals surface area contributed by atoms with Crippen LogP contribution in [0.1, 0.15) is 12.8 Å². The van der Waals surface area contributed by atoms with E-state index in [-0.39, 0.29) is 18.1 Å². The van der Waals surface area contributed by atoms with Crippen molar-refractivity contribution >= 4 is 17.6 Å². The van der Waals surface area contributed by atoms with Gasteiger partial charge in [0.2, 0.25) is 11.9 Å². The van der Waals surface area contributed by atoms with Crippen LogP contribution in [0.2, 0.25) is 0 Å². The predicted octanol–water partition coefficient (Wildman–Crippen LogP) is 1.28. The molecule has 9 nitrogen and oxygen atoms in total. The number of anilines is 1. The molecule has 3 aliphatic rings. The Labute approximate surface area is 179 Å². The van der Waals surface area contributed by atoms with Crippen molar-refractivity contribution in [1.29, 1.82) is 0 Å². The van der Waals surface area contributed by atoms with Crippen molar-refractivity contribution in [1.82, 2.24) is 30.2 Å². The van der Waals surface area contributed by atoms with E-state index in [1.165, 1.54) is 23.2 Å². The molecule has 1 aromatic rings. The summed E-state index contributed by atoms with van der Waals surface area (Å²) in [6, 6.07) is 0.117. The number of alkyl halides is 2. The van der Waals surface area contributed by atoms with Crippen LogP contribution >= 0.6 is 0 Å². The minimum atomic E-state index is -2.47. The number of halogens is 2. The van der Waals surface area contributed by atoms with E-state index in [9.17, 15) is 13.6 Å². The van der Waals surface area contributed by atoms with Crippen molar-refractivity contribution in [2.75, 3.05) is 25.5 Å². The summed E-state index contributed by atoms with van der Waals surface area (Å²) in [7, 11) is 1.98. The molecule has 1 amide bonds. The molecular formula is C20H26F2N8O. The Kier molecular flexibility index (Phi) is 5.92. The van der Waals surface area contributed by atoms with Gasteiger partial charge in [-0.2, -0.15) is 10.1 Å². The fourth-order valence-corrected chi connectivity index (χ4v) is 4.01. The van der Waals surface area contributed by atoms with Gasteiger partial charge < -0.3 is 25.8 Å².